The molecule has 9 heteroatoms. The van der Waals surface area contributed by atoms with Gasteiger partial charge in [0.25, 0.3) is 0 Å². The Morgan fingerprint density at radius 2 is 1.56 bits per heavy atom. The first kappa shape index (κ1) is 9.23. The molecule has 56 valence electrons. The van der Waals surface area contributed by atoms with Crippen LogP contribution in [0.15, 0.2) is 0 Å². The monoisotopic (exact) mass is 179 g/mol. The second kappa shape index (κ2) is 2.46. The highest BCUT2D eigenvalue weighted by atomic mass is 31.3. The summed E-state index contributed by atoms with van der Waals surface area (Å²) < 4.78 is 30.6. The van der Waals surface area contributed by atoms with Crippen molar-refractivity contribution in [3.05, 3.63) is 0 Å². The first-order chi connectivity index (χ1) is 3.71. The van der Waals surface area contributed by atoms with Crippen LogP contribution in [0.4, 0.5) is 4.20 Å². The third-order valence-electron chi connectivity index (χ3n) is 0.254. The summed E-state index contributed by atoms with van der Waals surface area (Å²) >= 11 is 0. The van der Waals surface area contributed by atoms with Crippen molar-refractivity contribution in [1.82, 2.24) is 4.86 Å². The van der Waals surface area contributed by atoms with Gasteiger partial charge in [-0.2, -0.15) is 0 Å². The topological polar surface area (TPSA) is 107 Å². The summed E-state index contributed by atoms with van der Waals surface area (Å²) in [7, 11) is -10.2. The van der Waals surface area contributed by atoms with Crippen molar-refractivity contribution < 1.29 is 28.0 Å². The van der Waals surface area contributed by atoms with Crippen molar-refractivity contribution in [2.75, 3.05) is 0 Å². The number of nitrogens with one attached hydrogen (secondary N) is 1. The molecule has 0 radical (unpaired) electrons. The molecular formula is H4FNO5P2. The highest BCUT2D eigenvalue weighted by Gasteiger charge is 2.27. The van der Waals surface area contributed by atoms with E-state index in [1.54, 1.807) is 0 Å². The van der Waals surface area contributed by atoms with Crippen LogP contribution in [-0.4, -0.2) is 14.7 Å². The summed E-state index contributed by atoms with van der Waals surface area (Å²) in [6, 6.07) is 0. The van der Waals surface area contributed by atoms with Gasteiger partial charge in [0.15, 0.2) is 0 Å². The normalized spacial score (nSPS) is 19.1. The zero-order chi connectivity index (χ0) is 7.71. The lowest BCUT2D eigenvalue weighted by Gasteiger charge is -2.03. The van der Waals surface area contributed by atoms with Crippen LogP contribution in [0.1, 0.15) is 0 Å². The van der Waals surface area contributed by atoms with Gasteiger partial charge in [0.2, 0.25) is 0 Å². The maximum absolute atomic E-state index is 11.4. The molecule has 0 aliphatic carbocycles. The Balaban J connectivity index is 4.07. The van der Waals surface area contributed by atoms with Gasteiger partial charge >= 0.3 is 15.6 Å². The van der Waals surface area contributed by atoms with Crippen molar-refractivity contribution in [2.45, 2.75) is 0 Å². The fourth-order valence-electron chi connectivity index (χ4n) is 0.161. The van der Waals surface area contributed by atoms with Crippen molar-refractivity contribution in [2.24, 2.45) is 0 Å². The molecule has 0 bridgehead atoms. The van der Waals surface area contributed by atoms with Gasteiger partial charge in [-0.1, -0.05) is 0 Å². The Hall–Kier alpha value is 0.230. The Bertz CT molecular complexity index is 155. The quantitative estimate of drug-likeness (QED) is 0.435. The Labute approximate surface area is 49.5 Å². The minimum atomic E-state index is -5.30. The van der Waals surface area contributed by atoms with E-state index in [0.29, 0.717) is 4.86 Å². The number of hydrogen-bond donors (Lipinski definition) is 4. The molecule has 0 aromatic carbocycles. The molecule has 0 heterocycles. The predicted octanol–water partition coefficient (Wildman–Crippen LogP) is -0.261. The van der Waals surface area contributed by atoms with Crippen LogP contribution >= 0.6 is 15.6 Å². The van der Waals surface area contributed by atoms with E-state index in [0.717, 1.165) is 0 Å². The second-order valence-corrected chi connectivity index (χ2v) is 4.04. The van der Waals surface area contributed by atoms with E-state index in [4.69, 9.17) is 14.7 Å². The first-order valence-corrected chi connectivity index (χ1v) is 4.74. The average Bonchev–Trinajstić information content (AvgIpc) is 1.14. The summed E-state index contributed by atoms with van der Waals surface area (Å²) in [5.41, 5.74) is 0. The maximum Gasteiger partial charge on any atom is 0.449 e. The standard InChI is InChI=1S/FH4NO5P2/c1-8(3,4)2-9(5,6)7/h(H4,2,3,4,5,6,7). The molecule has 4 N–H and O–H groups in total. The van der Waals surface area contributed by atoms with Gasteiger partial charge in [0.05, 0.1) is 0 Å². The molecule has 9 heavy (non-hydrogen) atoms. The van der Waals surface area contributed by atoms with Crippen LogP contribution < -0.4 is 4.86 Å². The smallest absolute Gasteiger partial charge is 0.312 e. The zero-order valence-electron chi connectivity index (χ0n) is 3.93. The first-order valence-electron chi connectivity index (χ1n) is 1.58. The van der Waals surface area contributed by atoms with Gasteiger partial charge in [-0.15, -0.1) is 9.05 Å². The zero-order valence-corrected chi connectivity index (χ0v) is 5.72. The van der Waals surface area contributed by atoms with E-state index in [2.05, 4.69) is 0 Å². The lowest BCUT2D eigenvalue weighted by Crippen LogP contribution is -2.01. The van der Waals surface area contributed by atoms with E-state index in [-0.39, 0.29) is 0 Å². The molecule has 1 atom stereocenters. The SMILES string of the molecule is O=P(O)(O)NP(=O)(O)F. The lowest BCUT2D eigenvalue weighted by molar-refractivity contribution is 0.356. The molecule has 0 saturated heterocycles. The number of hydrogen-bond acceptors (Lipinski definition) is 2. The van der Waals surface area contributed by atoms with E-state index in [1.807, 2.05) is 0 Å². The van der Waals surface area contributed by atoms with E-state index >= 15 is 0 Å². The molecule has 0 aromatic heterocycles. The minimum Gasteiger partial charge on any atom is -0.312 e. The Kier molecular flexibility index (Phi) is 2.52. The van der Waals surface area contributed by atoms with Gasteiger partial charge in [0, 0.05) is 0 Å². The van der Waals surface area contributed by atoms with Crippen LogP contribution in [0.2, 0.25) is 0 Å². The van der Waals surface area contributed by atoms with Gasteiger partial charge in [-0.3, -0.25) is 0 Å². The highest BCUT2D eigenvalue weighted by Crippen LogP contribution is 2.48. The molecule has 0 saturated carbocycles. The van der Waals surface area contributed by atoms with Gasteiger partial charge in [-0.05, 0) is 0 Å². The molecule has 0 aliphatic rings. The molecule has 6 nitrogen and oxygen atoms in total. The van der Waals surface area contributed by atoms with Crippen LogP contribution in [0.3, 0.4) is 0 Å². The largest absolute Gasteiger partial charge is 0.449 e. The molecule has 1 unspecified atom stereocenters. The van der Waals surface area contributed by atoms with Gasteiger partial charge in [0.1, 0.15) is 0 Å². The maximum atomic E-state index is 11.4. The van der Waals surface area contributed by atoms with Gasteiger partial charge < -0.3 is 14.7 Å². The molecule has 0 fully saturated rings. The highest BCUT2D eigenvalue weighted by molar-refractivity contribution is 7.65. The molecule has 0 spiro atoms. The van der Waals surface area contributed by atoms with Crippen molar-refractivity contribution in [3.8, 4) is 0 Å². The van der Waals surface area contributed by atoms with Crippen molar-refractivity contribution in [3.63, 3.8) is 0 Å². The fourth-order valence-corrected chi connectivity index (χ4v) is 1.45. The summed E-state index contributed by atoms with van der Waals surface area (Å²) in [5.74, 6) is 0. The molecule has 0 rings (SSSR count). The summed E-state index contributed by atoms with van der Waals surface area (Å²) in [6.45, 7) is 0. The number of rotatable bonds is 2. The molecular weight excluding hydrogens is 175 g/mol. The van der Waals surface area contributed by atoms with E-state index in [9.17, 15) is 13.3 Å². The summed E-state index contributed by atoms with van der Waals surface area (Å²) in [5, 5.41) is 0. The fraction of sp³-hybridized carbons (Fsp3) is 0. The molecule has 0 aliphatic heterocycles. The van der Waals surface area contributed by atoms with Crippen LogP contribution in [0, 0.1) is 0 Å². The van der Waals surface area contributed by atoms with Crippen LogP contribution in [0.25, 0.3) is 0 Å². The lowest BCUT2D eigenvalue weighted by atomic mass is 13.9. The summed E-state index contributed by atoms with van der Waals surface area (Å²) in [6.07, 6.45) is 0. The van der Waals surface area contributed by atoms with Crippen LogP contribution in [0.5, 0.6) is 0 Å². The third kappa shape index (κ3) is 8.23. The predicted molar refractivity (Wildman–Crippen MR) is 26.1 cm³/mol. The minimum absolute atomic E-state index is 0.569. The van der Waals surface area contributed by atoms with Gasteiger partial charge in [-0.25, -0.2) is 9.13 Å². The van der Waals surface area contributed by atoms with E-state index < -0.39 is 15.6 Å². The second-order valence-electron chi connectivity index (χ2n) is 1.15. The Morgan fingerprint density at radius 3 is 1.56 bits per heavy atom. The Morgan fingerprint density at radius 1 is 1.22 bits per heavy atom. The van der Waals surface area contributed by atoms with Crippen molar-refractivity contribution in [1.29, 1.82) is 0 Å². The average molecular weight is 179 g/mol. The third-order valence-corrected chi connectivity index (χ3v) is 2.28. The number of halogens is 1. The van der Waals surface area contributed by atoms with E-state index in [1.165, 1.54) is 0 Å². The van der Waals surface area contributed by atoms with Crippen molar-refractivity contribution >= 4 is 15.6 Å². The van der Waals surface area contributed by atoms with Crippen LogP contribution in [-0.2, 0) is 9.13 Å². The molecule has 0 aromatic rings. The summed E-state index contributed by atoms with van der Waals surface area (Å²) in [4.78, 5) is 23.8. The molecule has 0 amide bonds.